The van der Waals surface area contributed by atoms with Gasteiger partial charge in [0.1, 0.15) is 0 Å². The average Bonchev–Trinajstić information content (AvgIpc) is 2.90. The molecular formula is C19H25N5O3. The van der Waals surface area contributed by atoms with Crippen molar-refractivity contribution in [3.05, 3.63) is 46.0 Å². The average molecular weight is 371 g/mol. The molecule has 0 saturated carbocycles. The summed E-state index contributed by atoms with van der Waals surface area (Å²) in [4.78, 5) is 30.5. The highest BCUT2D eigenvalue weighted by Gasteiger charge is 2.25. The molecule has 0 aromatic carbocycles. The first-order chi connectivity index (χ1) is 12.9. The van der Waals surface area contributed by atoms with Gasteiger partial charge in [0.15, 0.2) is 0 Å². The molecule has 1 aliphatic heterocycles. The highest BCUT2D eigenvalue weighted by molar-refractivity contribution is 5.95. The third-order valence-corrected chi connectivity index (χ3v) is 4.99. The maximum absolute atomic E-state index is 12.8. The fourth-order valence-electron chi connectivity index (χ4n) is 3.40. The molecule has 3 rings (SSSR count). The summed E-state index contributed by atoms with van der Waals surface area (Å²) in [6.45, 7) is 7.40. The minimum absolute atomic E-state index is 0.161. The lowest BCUT2D eigenvalue weighted by Crippen LogP contribution is -2.37. The topological polar surface area (TPSA) is 89.3 Å². The van der Waals surface area contributed by atoms with Crippen LogP contribution in [0, 0.1) is 13.8 Å². The van der Waals surface area contributed by atoms with Crippen LogP contribution in [0.15, 0.2) is 12.4 Å². The molecule has 2 amide bonds. The van der Waals surface area contributed by atoms with Gasteiger partial charge in [0, 0.05) is 43.8 Å². The predicted octanol–water partition coefficient (Wildman–Crippen LogP) is 1.88. The van der Waals surface area contributed by atoms with Gasteiger partial charge in [-0.05, 0) is 38.3 Å². The smallest absolute Gasteiger partial charge is 0.410 e. The monoisotopic (exact) mass is 371 g/mol. The quantitative estimate of drug-likeness (QED) is 0.886. The number of nitrogens with one attached hydrogen (secondary N) is 1. The number of carbonyl (C=O) groups is 2. The maximum Gasteiger partial charge on any atom is 0.410 e. The van der Waals surface area contributed by atoms with Crippen LogP contribution in [0.1, 0.15) is 45.4 Å². The van der Waals surface area contributed by atoms with Crippen molar-refractivity contribution in [3.63, 3.8) is 0 Å². The molecule has 2 aromatic heterocycles. The van der Waals surface area contributed by atoms with Crippen LogP contribution in [-0.4, -0.2) is 44.8 Å². The summed E-state index contributed by atoms with van der Waals surface area (Å²) in [5.74, 6) is -0.161. The molecule has 0 radical (unpaired) electrons. The summed E-state index contributed by atoms with van der Waals surface area (Å²) in [7, 11) is 1.89. The normalized spacial score (nSPS) is 13.3. The second kappa shape index (κ2) is 7.77. The Kier molecular flexibility index (Phi) is 5.43. The van der Waals surface area contributed by atoms with Gasteiger partial charge in [-0.1, -0.05) is 0 Å². The molecule has 2 aromatic rings. The van der Waals surface area contributed by atoms with Gasteiger partial charge in [0.25, 0.3) is 5.91 Å². The first-order valence-electron chi connectivity index (χ1n) is 9.07. The molecule has 0 aliphatic carbocycles. The Bertz CT molecular complexity index is 874. The minimum atomic E-state index is -0.333. The number of fused-ring (bicyclic) bond motifs is 1. The van der Waals surface area contributed by atoms with Crippen LogP contribution >= 0.6 is 0 Å². The first kappa shape index (κ1) is 18.9. The third-order valence-electron chi connectivity index (χ3n) is 4.99. The van der Waals surface area contributed by atoms with E-state index >= 15 is 0 Å². The van der Waals surface area contributed by atoms with Crippen LogP contribution in [0.4, 0.5) is 4.79 Å². The fourth-order valence-corrected chi connectivity index (χ4v) is 3.40. The Morgan fingerprint density at radius 3 is 2.74 bits per heavy atom. The molecule has 0 bridgehead atoms. The van der Waals surface area contributed by atoms with Crippen LogP contribution in [0.5, 0.6) is 0 Å². The molecule has 1 aliphatic rings. The van der Waals surface area contributed by atoms with E-state index < -0.39 is 0 Å². The lowest BCUT2D eigenvalue weighted by Gasteiger charge is -2.28. The Balaban J connectivity index is 1.74. The van der Waals surface area contributed by atoms with Crippen molar-refractivity contribution >= 4 is 12.0 Å². The first-order valence-corrected chi connectivity index (χ1v) is 9.07. The number of nitrogens with zero attached hydrogens (tertiary/aromatic N) is 4. The number of aromatic nitrogens is 3. The van der Waals surface area contributed by atoms with Crippen molar-refractivity contribution in [3.8, 4) is 0 Å². The lowest BCUT2D eigenvalue weighted by atomic mass is 9.97. The van der Waals surface area contributed by atoms with Crippen molar-refractivity contribution in [2.75, 3.05) is 13.2 Å². The molecule has 144 valence electrons. The summed E-state index contributed by atoms with van der Waals surface area (Å²) in [5, 5.41) is 7.35. The van der Waals surface area contributed by atoms with Gasteiger partial charge in [0.2, 0.25) is 0 Å². The summed E-state index contributed by atoms with van der Waals surface area (Å²) < 4.78 is 6.88. The molecule has 0 fully saturated rings. The van der Waals surface area contributed by atoms with Crippen molar-refractivity contribution in [1.29, 1.82) is 0 Å². The van der Waals surface area contributed by atoms with Gasteiger partial charge in [0.05, 0.1) is 24.4 Å². The predicted molar refractivity (Wildman–Crippen MR) is 99.2 cm³/mol. The Morgan fingerprint density at radius 1 is 1.30 bits per heavy atom. The number of hydrogen-bond acceptors (Lipinski definition) is 5. The van der Waals surface area contributed by atoms with E-state index in [0.29, 0.717) is 38.2 Å². The minimum Gasteiger partial charge on any atom is -0.450 e. The number of rotatable bonds is 4. The van der Waals surface area contributed by atoms with Gasteiger partial charge < -0.3 is 15.0 Å². The van der Waals surface area contributed by atoms with E-state index in [1.807, 2.05) is 25.6 Å². The highest BCUT2D eigenvalue weighted by Crippen LogP contribution is 2.22. The molecule has 27 heavy (non-hydrogen) atoms. The van der Waals surface area contributed by atoms with Gasteiger partial charge >= 0.3 is 6.09 Å². The zero-order valence-electron chi connectivity index (χ0n) is 16.2. The molecule has 8 heteroatoms. The van der Waals surface area contributed by atoms with E-state index in [0.717, 1.165) is 28.1 Å². The Labute approximate surface area is 158 Å². The Morgan fingerprint density at radius 2 is 2.07 bits per heavy atom. The maximum atomic E-state index is 12.8. The molecule has 0 spiro atoms. The number of pyridine rings is 1. The van der Waals surface area contributed by atoms with E-state index in [2.05, 4.69) is 15.4 Å². The standard InChI is InChI=1S/C19H25N5O3/c1-5-27-19(26)24-7-6-15-14(11-24)8-20-9-17(15)18(25)21-10-16-12(2)22-23(4)13(16)3/h8-9H,5-7,10-11H2,1-4H3,(H,21,25). The number of amides is 2. The van der Waals surface area contributed by atoms with Crippen molar-refractivity contribution in [1.82, 2.24) is 25.0 Å². The third kappa shape index (κ3) is 3.79. The molecule has 0 unspecified atom stereocenters. The molecular weight excluding hydrogens is 346 g/mol. The molecule has 1 N–H and O–H groups in total. The second-order valence-corrected chi connectivity index (χ2v) is 6.65. The number of aryl methyl sites for hydroxylation is 2. The SMILES string of the molecule is CCOC(=O)N1CCc2c(cncc2C(=O)NCc2c(C)nn(C)c2C)C1. The summed E-state index contributed by atoms with van der Waals surface area (Å²) >= 11 is 0. The fraction of sp³-hybridized carbons (Fsp3) is 0.474. The molecule has 8 nitrogen and oxygen atoms in total. The zero-order chi connectivity index (χ0) is 19.6. The van der Waals surface area contributed by atoms with Crippen molar-refractivity contribution < 1.29 is 14.3 Å². The number of hydrogen-bond donors (Lipinski definition) is 1. The van der Waals surface area contributed by atoms with Crippen molar-refractivity contribution in [2.45, 2.75) is 40.3 Å². The van der Waals surface area contributed by atoms with Crippen LogP contribution in [0.25, 0.3) is 0 Å². The molecule has 3 heterocycles. The molecule has 0 saturated heterocycles. The van der Waals surface area contributed by atoms with Crippen molar-refractivity contribution in [2.24, 2.45) is 7.05 Å². The van der Waals surface area contributed by atoms with Gasteiger partial charge in [-0.2, -0.15) is 5.10 Å². The van der Waals surface area contributed by atoms with Gasteiger partial charge in [-0.3, -0.25) is 14.5 Å². The lowest BCUT2D eigenvalue weighted by molar-refractivity contribution is 0.0947. The van der Waals surface area contributed by atoms with E-state index in [9.17, 15) is 9.59 Å². The number of carbonyl (C=O) groups excluding carboxylic acids is 2. The summed E-state index contributed by atoms with van der Waals surface area (Å²) in [5.41, 5.74) is 5.37. The summed E-state index contributed by atoms with van der Waals surface area (Å²) in [6.07, 6.45) is 3.58. The second-order valence-electron chi connectivity index (χ2n) is 6.65. The van der Waals surface area contributed by atoms with Gasteiger partial charge in [-0.25, -0.2) is 4.79 Å². The largest absolute Gasteiger partial charge is 0.450 e. The van der Waals surface area contributed by atoms with Crippen LogP contribution in [0.2, 0.25) is 0 Å². The summed E-state index contributed by atoms with van der Waals surface area (Å²) in [6, 6.07) is 0. The van der Waals surface area contributed by atoms with Crippen LogP contribution < -0.4 is 5.32 Å². The number of ether oxygens (including phenoxy) is 1. The van der Waals surface area contributed by atoms with Gasteiger partial charge in [-0.15, -0.1) is 0 Å². The van der Waals surface area contributed by atoms with E-state index in [-0.39, 0.29) is 12.0 Å². The van der Waals surface area contributed by atoms with E-state index in [4.69, 9.17) is 4.74 Å². The highest BCUT2D eigenvalue weighted by atomic mass is 16.6. The van der Waals surface area contributed by atoms with Crippen LogP contribution in [0.3, 0.4) is 0 Å². The molecule has 0 atom stereocenters. The zero-order valence-corrected chi connectivity index (χ0v) is 16.2. The van der Waals surface area contributed by atoms with E-state index in [1.165, 1.54) is 0 Å². The Hall–Kier alpha value is -2.90. The van der Waals surface area contributed by atoms with Crippen LogP contribution in [-0.2, 0) is 31.3 Å². The van der Waals surface area contributed by atoms with E-state index in [1.54, 1.807) is 24.2 Å².